The summed E-state index contributed by atoms with van der Waals surface area (Å²) in [5.41, 5.74) is 5.72. The van der Waals surface area contributed by atoms with Gasteiger partial charge in [-0.05, 0) is 17.7 Å². The molecule has 0 saturated heterocycles. The van der Waals surface area contributed by atoms with E-state index in [1.165, 1.54) is 10.9 Å². The van der Waals surface area contributed by atoms with E-state index in [-0.39, 0.29) is 0 Å². The lowest BCUT2D eigenvalue weighted by Gasteiger charge is -2.04. The predicted octanol–water partition coefficient (Wildman–Crippen LogP) is 2.53. The molecule has 0 fully saturated rings. The first-order valence-electron chi connectivity index (χ1n) is 8.67. The number of aliphatic imine (C=N–C) groups is 2. The van der Waals surface area contributed by atoms with Crippen molar-refractivity contribution in [3.05, 3.63) is 59.7 Å². The van der Waals surface area contributed by atoms with Crippen LogP contribution in [0.2, 0.25) is 0 Å². The summed E-state index contributed by atoms with van der Waals surface area (Å²) in [6.07, 6.45) is 0. The topological polar surface area (TPSA) is 64.6 Å². The smallest absolute Gasteiger partial charge is 0.128 e. The molecule has 0 atom stereocenters. The van der Waals surface area contributed by atoms with E-state index in [4.69, 9.17) is 0 Å². The first-order chi connectivity index (χ1) is 12.4. The number of aromatic amines is 1. The molecule has 3 aromatic rings. The minimum atomic E-state index is 0.857. The lowest BCUT2D eigenvalue weighted by Crippen LogP contribution is -2.19. The summed E-state index contributed by atoms with van der Waals surface area (Å²) < 4.78 is 0. The number of benzene rings is 2. The van der Waals surface area contributed by atoms with Crippen LogP contribution in [0.3, 0.4) is 0 Å². The summed E-state index contributed by atoms with van der Waals surface area (Å²) in [6.45, 7) is 3.58. The fourth-order valence-corrected chi connectivity index (χ4v) is 3.42. The molecule has 0 bridgehead atoms. The van der Waals surface area contributed by atoms with Crippen molar-refractivity contribution in [2.45, 2.75) is 0 Å². The van der Waals surface area contributed by atoms with Crippen molar-refractivity contribution in [2.24, 2.45) is 9.98 Å². The molecule has 1 aromatic heterocycles. The number of rotatable bonds is 3. The Morgan fingerprint density at radius 2 is 1.32 bits per heavy atom. The van der Waals surface area contributed by atoms with Crippen molar-refractivity contribution >= 4 is 22.6 Å². The molecular formula is C20H19N5. The fourth-order valence-electron chi connectivity index (χ4n) is 3.42. The van der Waals surface area contributed by atoms with E-state index in [1.54, 1.807) is 0 Å². The molecule has 3 N–H and O–H groups in total. The van der Waals surface area contributed by atoms with Gasteiger partial charge in [0, 0.05) is 40.8 Å². The third-order valence-electron chi connectivity index (χ3n) is 4.71. The zero-order valence-electron chi connectivity index (χ0n) is 13.8. The van der Waals surface area contributed by atoms with Crippen LogP contribution in [0.15, 0.2) is 58.5 Å². The molecule has 2 aromatic carbocycles. The number of fused-ring (bicyclic) bond motifs is 1. The van der Waals surface area contributed by atoms with E-state index in [9.17, 15) is 0 Å². The highest BCUT2D eigenvalue weighted by Crippen LogP contribution is 2.25. The average Bonchev–Trinajstić information content (AvgIpc) is 3.42. The van der Waals surface area contributed by atoms with Crippen LogP contribution in [0.1, 0.15) is 11.1 Å². The zero-order chi connectivity index (χ0) is 16.6. The molecule has 2 aliphatic rings. The van der Waals surface area contributed by atoms with Crippen molar-refractivity contribution in [3.8, 4) is 11.3 Å². The molecule has 5 rings (SSSR count). The number of aromatic nitrogens is 1. The maximum absolute atomic E-state index is 4.50. The molecule has 0 aliphatic carbocycles. The Labute approximate surface area is 145 Å². The van der Waals surface area contributed by atoms with Crippen LogP contribution in [0.25, 0.3) is 22.2 Å². The minimum Gasteiger partial charge on any atom is -0.368 e. The van der Waals surface area contributed by atoms with E-state index in [2.05, 4.69) is 74.1 Å². The van der Waals surface area contributed by atoms with Gasteiger partial charge in [0.2, 0.25) is 0 Å². The van der Waals surface area contributed by atoms with E-state index in [0.29, 0.717) is 0 Å². The van der Waals surface area contributed by atoms with Gasteiger partial charge in [-0.3, -0.25) is 9.98 Å². The van der Waals surface area contributed by atoms with Gasteiger partial charge in [-0.1, -0.05) is 36.4 Å². The molecular weight excluding hydrogens is 310 g/mol. The lowest BCUT2D eigenvalue weighted by atomic mass is 10.1. The average molecular weight is 329 g/mol. The molecule has 124 valence electrons. The van der Waals surface area contributed by atoms with Crippen molar-refractivity contribution in [1.29, 1.82) is 0 Å². The highest BCUT2D eigenvalue weighted by atomic mass is 15.1. The number of amidine groups is 2. The second kappa shape index (κ2) is 5.77. The molecule has 3 heterocycles. The van der Waals surface area contributed by atoms with Crippen LogP contribution in [0.5, 0.6) is 0 Å². The Hall–Kier alpha value is -3.08. The van der Waals surface area contributed by atoms with Crippen molar-refractivity contribution < 1.29 is 0 Å². The van der Waals surface area contributed by atoms with E-state index < -0.39 is 0 Å². The van der Waals surface area contributed by atoms with Crippen molar-refractivity contribution in [3.63, 3.8) is 0 Å². The second-order valence-corrected chi connectivity index (χ2v) is 6.38. The van der Waals surface area contributed by atoms with Gasteiger partial charge >= 0.3 is 0 Å². The highest BCUT2D eigenvalue weighted by Gasteiger charge is 2.11. The van der Waals surface area contributed by atoms with Gasteiger partial charge < -0.3 is 15.6 Å². The fraction of sp³-hybridized carbons (Fsp3) is 0.200. The van der Waals surface area contributed by atoms with Gasteiger partial charge in [-0.2, -0.15) is 0 Å². The first kappa shape index (κ1) is 14.3. The van der Waals surface area contributed by atoms with Gasteiger partial charge in [0.15, 0.2) is 0 Å². The Morgan fingerprint density at radius 3 is 2.00 bits per heavy atom. The van der Waals surface area contributed by atoms with E-state index >= 15 is 0 Å². The van der Waals surface area contributed by atoms with E-state index in [1.807, 2.05) is 0 Å². The molecule has 0 unspecified atom stereocenters. The number of nitrogens with one attached hydrogen (secondary N) is 3. The summed E-state index contributed by atoms with van der Waals surface area (Å²) in [5, 5.41) is 7.85. The Morgan fingerprint density at radius 1 is 0.680 bits per heavy atom. The number of nitrogens with zero attached hydrogens (tertiary/aromatic N) is 2. The first-order valence-corrected chi connectivity index (χ1v) is 8.67. The molecule has 0 amide bonds. The maximum Gasteiger partial charge on any atom is 0.128 e. The molecule has 25 heavy (non-hydrogen) atoms. The maximum atomic E-state index is 4.50. The zero-order valence-corrected chi connectivity index (χ0v) is 13.8. The number of hydrogen-bond donors (Lipinski definition) is 3. The highest BCUT2D eigenvalue weighted by molar-refractivity contribution is 6.03. The second-order valence-electron chi connectivity index (χ2n) is 6.38. The molecule has 5 heteroatoms. The van der Waals surface area contributed by atoms with Gasteiger partial charge in [0.25, 0.3) is 0 Å². The normalized spacial score (nSPS) is 16.5. The molecule has 0 spiro atoms. The van der Waals surface area contributed by atoms with Gasteiger partial charge in [0.1, 0.15) is 11.7 Å². The van der Waals surface area contributed by atoms with Crippen molar-refractivity contribution in [1.82, 2.24) is 15.6 Å². The van der Waals surface area contributed by atoms with Crippen LogP contribution in [0, 0.1) is 0 Å². The van der Waals surface area contributed by atoms with E-state index in [0.717, 1.165) is 60.2 Å². The predicted molar refractivity (Wildman–Crippen MR) is 103 cm³/mol. The summed E-state index contributed by atoms with van der Waals surface area (Å²) in [5.74, 6) is 1.99. The monoisotopic (exact) mass is 329 g/mol. The van der Waals surface area contributed by atoms with Gasteiger partial charge in [0.05, 0.1) is 13.1 Å². The molecule has 0 saturated carbocycles. The molecule has 2 aliphatic heterocycles. The van der Waals surface area contributed by atoms with Crippen LogP contribution in [-0.4, -0.2) is 42.8 Å². The number of hydrogen-bond acceptors (Lipinski definition) is 4. The summed E-state index contributed by atoms with van der Waals surface area (Å²) in [4.78, 5) is 12.5. The minimum absolute atomic E-state index is 0.857. The van der Waals surface area contributed by atoms with Crippen LogP contribution in [0.4, 0.5) is 0 Å². The molecule has 5 nitrogen and oxygen atoms in total. The largest absolute Gasteiger partial charge is 0.368 e. The summed E-state index contributed by atoms with van der Waals surface area (Å²) in [7, 11) is 0. The standard InChI is InChI=1S/C20H19N5/c1-3-14(19-21-7-8-22-19)4-2-13(1)17-11-15-5-6-16(12-18(15)25-17)20-23-9-10-24-20/h1-6,11-12,25H,7-10H2,(H,21,22)(H,23,24). The Bertz CT molecular complexity index is 995. The SMILES string of the molecule is c1cc(-c2cc3ccc(C4=NCCN4)cc3[nH]2)ccc1C1=NCCN1. The quantitative estimate of drug-likeness (QED) is 0.691. The van der Waals surface area contributed by atoms with Crippen LogP contribution in [-0.2, 0) is 0 Å². The summed E-state index contributed by atoms with van der Waals surface area (Å²) >= 11 is 0. The third-order valence-corrected chi connectivity index (χ3v) is 4.71. The lowest BCUT2D eigenvalue weighted by molar-refractivity contribution is 0.960. The van der Waals surface area contributed by atoms with Gasteiger partial charge in [-0.15, -0.1) is 0 Å². The Kier molecular flexibility index (Phi) is 3.30. The number of H-pyrrole nitrogens is 1. The summed E-state index contributed by atoms with van der Waals surface area (Å²) in [6, 6.07) is 17.2. The molecule has 0 radical (unpaired) electrons. The van der Waals surface area contributed by atoms with Gasteiger partial charge in [-0.25, -0.2) is 0 Å². The van der Waals surface area contributed by atoms with Crippen molar-refractivity contribution in [2.75, 3.05) is 26.2 Å². The third kappa shape index (κ3) is 2.58. The van der Waals surface area contributed by atoms with Crippen LogP contribution >= 0.6 is 0 Å². The van der Waals surface area contributed by atoms with Crippen LogP contribution < -0.4 is 10.6 Å². The Balaban J connectivity index is 1.48.